The fraction of sp³-hybridized carbons (Fsp3) is 0.375. The zero-order valence-electron chi connectivity index (χ0n) is 7.37. The van der Waals surface area contributed by atoms with Gasteiger partial charge in [-0.05, 0) is 13.8 Å². The molecular weight excluding hydrogens is 170 g/mol. The molecule has 0 saturated carbocycles. The van der Waals surface area contributed by atoms with Crippen LogP contribution in [0.1, 0.15) is 18.6 Å². The van der Waals surface area contributed by atoms with Crippen molar-refractivity contribution in [2.45, 2.75) is 13.8 Å². The quantitative estimate of drug-likeness (QED) is 0.590. The lowest BCUT2D eigenvalue weighted by Crippen LogP contribution is -2.46. The molecule has 1 N–H and O–H groups in total. The number of carbonyl (C=O) groups is 2. The number of hydrogen-bond donors (Lipinski definition) is 1. The first-order valence-corrected chi connectivity index (χ1v) is 3.94. The minimum Gasteiger partial charge on any atom is -0.310 e. The van der Waals surface area contributed by atoms with Crippen LogP contribution in [0, 0.1) is 5.41 Å². The molecule has 1 aliphatic heterocycles. The van der Waals surface area contributed by atoms with Gasteiger partial charge in [-0.2, -0.15) is 9.78 Å². The second-order valence-electron chi connectivity index (χ2n) is 3.51. The van der Waals surface area contributed by atoms with Gasteiger partial charge in [0.1, 0.15) is 11.2 Å². The Labute approximate surface area is 74.7 Å². The molecule has 2 rings (SSSR count). The lowest BCUT2D eigenvalue weighted by molar-refractivity contribution is -0.122. The highest BCUT2D eigenvalue weighted by molar-refractivity contribution is 6.14. The number of nitrogens with one attached hydrogen (secondary N) is 1. The van der Waals surface area contributed by atoms with E-state index in [-0.39, 0.29) is 11.8 Å². The highest BCUT2D eigenvalue weighted by Crippen LogP contribution is 2.26. The molecule has 5 heteroatoms. The summed E-state index contributed by atoms with van der Waals surface area (Å²) < 4.78 is 1.21. The summed E-state index contributed by atoms with van der Waals surface area (Å²) in [6.07, 6.45) is 1.48. The molecule has 2 heterocycles. The SMILES string of the molecule is CC1(C)C(=O)Nc2ccnn2C1=O. The Kier molecular flexibility index (Phi) is 1.34. The number of amides is 1. The van der Waals surface area contributed by atoms with Crippen LogP contribution in [0.4, 0.5) is 5.82 Å². The standard InChI is InChI=1S/C8H9N3O2/c1-8(2)6(12)10-5-3-4-9-11(5)7(8)13/h3-4H,1-2H3,(H,10,12). The minimum absolute atomic E-state index is 0.287. The molecule has 1 aliphatic rings. The van der Waals surface area contributed by atoms with Crippen LogP contribution in [-0.4, -0.2) is 21.6 Å². The molecule has 0 unspecified atom stereocenters. The summed E-state index contributed by atoms with van der Waals surface area (Å²) in [6.45, 7) is 3.16. The van der Waals surface area contributed by atoms with Gasteiger partial charge in [0.05, 0.1) is 6.20 Å². The third-order valence-corrected chi connectivity index (χ3v) is 2.18. The highest BCUT2D eigenvalue weighted by Gasteiger charge is 2.42. The van der Waals surface area contributed by atoms with Gasteiger partial charge in [0.2, 0.25) is 5.91 Å². The zero-order chi connectivity index (χ0) is 9.64. The van der Waals surface area contributed by atoms with Gasteiger partial charge in [-0.3, -0.25) is 9.59 Å². The van der Waals surface area contributed by atoms with Crippen LogP contribution in [0.2, 0.25) is 0 Å². The number of rotatable bonds is 0. The molecule has 0 atom stereocenters. The molecule has 13 heavy (non-hydrogen) atoms. The molecule has 0 saturated heterocycles. The second-order valence-corrected chi connectivity index (χ2v) is 3.51. The minimum atomic E-state index is -1.03. The van der Waals surface area contributed by atoms with Gasteiger partial charge in [0, 0.05) is 6.07 Å². The van der Waals surface area contributed by atoms with Gasteiger partial charge < -0.3 is 5.32 Å². The monoisotopic (exact) mass is 179 g/mol. The molecule has 0 aromatic carbocycles. The van der Waals surface area contributed by atoms with E-state index in [9.17, 15) is 9.59 Å². The molecule has 0 fully saturated rings. The van der Waals surface area contributed by atoms with E-state index >= 15 is 0 Å². The molecule has 0 bridgehead atoms. The van der Waals surface area contributed by atoms with Crippen LogP contribution in [0.3, 0.4) is 0 Å². The summed E-state index contributed by atoms with van der Waals surface area (Å²) in [6, 6.07) is 1.59. The Morgan fingerprint density at radius 1 is 1.46 bits per heavy atom. The maximum atomic E-state index is 11.6. The van der Waals surface area contributed by atoms with Crippen LogP contribution >= 0.6 is 0 Å². The number of nitrogens with zero attached hydrogens (tertiary/aromatic N) is 2. The van der Waals surface area contributed by atoms with Gasteiger partial charge >= 0.3 is 0 Å². The van der Waals surface area contributed by atoms with Crippen molar-refractivity contribution >= 4 is 17.6 Å². The zero-order valence-corrected chi connectivity index (χ0v) is 7.37. The Bertz CT molecular complexity index is 392. The summed E-state index contributed by atoms with van der Waals surface area (Å²) in [5, 5.41) is 6.42. The van der Waals surface area contributed by atoms with E-state index in [1.54, 1.807) is 19.9 Å². The number of fused-ring (bicyclic) bond motifs is 1. The van der Waals surface area contributed by atoms with Crippen LogP contribution in [0.5, 0.6) is 0 Å². The average Bonchev–Trinajstić information content (AvgIpc) is 2.49. The molecular formula is C8H9N3O2. The van der Waals surface area contributed by atoms with E-state index in [1.165, 1.54) is 10.9 Å². The van der Waals surface area contributed by atoms with Gasteiger partial charge in [-0.15, -0.1) is 0 Å². The fourth-order valence-electron chi connectivity index (χ4n) is 1.19. The summed E-state index contributed by atoms with van der Waals surface area (Å²) in [7, 11) is 0. The molecule has 5 nitrogen and oxygen atoms in total. The lowest BCUT2D eigenvalue weighted by Gasteiger charge is -2.27. The van der Waals surface area contributed by atoms with Crippen molar-refractivity contribution in [1.29, 1.82) is 0 Å². The number of aromatic nitrogens is 2. The Morgan fingerprint density at radius 3 is 2.85 bits per heavy atom. The van der Waals surface area contributed by atoms with Crippen molar-refractivity contribution in [3.05, 3.63) is 12.3 Å². The van der Waals surface area contributed by atoms with Gasteiger partial charge in [0.15, 0.2) is 0 Å². The summed E-state index contributed by atoms with van der Waals surface area (Å²) >= 11 is 0. The summed E-state index contributed by atoms with van der Waals surface area (Å²) in [5.74, 6) is -0.143. The Morgan fingerprint density at radius 2 is 2.15 bits per heavy atom. The molecule has 1 aromatic rings. The second kappa shape index (κ2) is 2.18. The van der Waals surface area contributed by atoms with E-state index in [0.29, 0.717) is 5.82 Å². The highest BCUT2D eigenvalue weighted by atomic mass is 16.2. The first-order valence-electron chi connectivity index (χ1n) is 3.94. The molecule has 1 aromatic heterocycles. The van der Waals surface area contributed by atoms with E-state index in [0.717, 1.165) is 0 Å². The molecule has 0 radical (unpaired) electrons. The summed E-state index contributed by atoms with van der Waals surface area (Å²) in [4.78, 5) is 23.1. The van der Waals surface area contributed by atoms with Crippen molar-refractivity contribution in [3.8, 4) is 0 Å². The van der Waals surface area contributed by atoms with Crippen LogP contribution < -0.4 is 5.32 Å². The molecule has 68 valence electrons. The number of carbonyl (C=O) groups excluding carboxylic acids is 2. The fourth-order valence-corrected chi connectivity index (χ4v) is 1.19. The van der Waals surface area contributed by atoms with Crippen LogP contribution in [-0.2, 0) is 4.79 Å². The normalized spacial score (nSPS) is 19.5. The van der Waals surface area contributed by atoms with E-state index < -0.39 is 5.41 Å². The first-order chi connectivity index (χ1) is 6.03. The maximum Gasteiger partial charge on any atom is 0.263 e. The predicted molar refractivity (Wildman–Crippen MR) is 45.3 cm³/mol. The van der Waals surface area contributed by atoms with Gasteiger partial charge in [0.25, 0.3) is 5.91 Å². The van der Waals surface area contributed by atoms with Crippen molar-refractivity contribution in [2.75, 3.05) is 5.32 Å². The van der Waals surface area contributed by atoms with Crippen molar-refractivity contribution in [1.82, 2.24) is 9.78 Å². The van der Waals surface area contributed by atoms with Gasteiger partial charge in [-0.1, -0.05) is 0 Å². The summed E-state index contributed by atoms with van der Waals surface area (Å²) in [5.41, 5.74) is -1.03. The number of anilines is 1. The van der Waals surface area contributed by atoms with E-state index in [4.69, 9.17) is 0 Å². The smallest absolute Gasteiger partial charge is 0.263 e. The molecule has 0 aliphatic carbocycles. The number of hydrogen-bond acceptors (Lipinski definition) is 3. The Balaban J connectivity index is 2.59. The van der Waals surface area contributed by atoms with Crippen LogP contribution in [0.15, 0.2) is 12.3 Å². The maximum absolute atomic E-state index is 11.6. The molecule has 0 spiro atoms. The van der Waals surface area contributed by atoms with Crippen LogP contribution in [0.25, 0.3) is 0 Å². The average molecular weight is 179 g/mol. The van der Waals surface area contributed by atoms with Crippen molar-refractivity contribution in [3.63, 3.8) is 0 Å². The van der Waals surface area contributed by atoms with Crippen molar-refractivity contribution < 1.29 is 9.59 Å². The van der Waals surface area contributed by atoms with E-state index in [2.05, 4.69) is 10.4 Å². The van der Waals surface area contributed by atoms with Gasteiger partial charge in [-0.25, -0.2) is 0 Å². The third kappa shape index (κ3) is 0.898. The third-order valence-electron chi connectivity index (χ3n) is 2.18. The lowest BCUT2D eigenvalue weighted by atomic mass is 9.90. The predicted octanol–water partition coefficient (Wildman–Crippen LogP) is 0.502. The van der Waals surface area contributed by atoms with Crippen molar-refractivity contribution in [2.24, 2.45) is 5.41 Å². The topological polar surface area (TPSA) is 64.0 Å². The Hall–Kier alpha value is -1.65. The first kappa shape index (κ1) is 7.97. The largest absolute Gasteiger partial charge is 0.310 e. The van der Waals surface area contributed by atoms with E-state index in [1.807, 2.05) is 0 Å². The molecule has 1 amide bonds.